The molecule has 1 N–H and O–H groups in total. The first-order valence-corrected chi connectivity index (χ1v) is 10.1. The monoisotopic (exact) mass is 416 g/mol. The number of fused-ring (bicyclic) bond motifs is 1. The molecule has 1 amide bonds. The minimum absolute atomic E-state index is 0.0286. The molecule has 2 heterocycles. The average molecular weight is 416 g/mol. The van der Waals surface area contributed by atoms with Crippen molar-refractivity contribution >= 4 is 22.6 Å². The standard InChI is InChI=1S/C24H24N4O3/c1-17-6-5-7-19(14-17)31-16-23(29)25-18-9-10-21-20(15-18)26-22(27(21)2)11-13-28-12-4-3-8-24(28)30/h3-10,12,14-15H,11,13,16H2,1-2H3,(H,25,29). The molecule has 0 radical (unpaired) electrons. The van der Waals surface area contributed by atoms with Gasteiger partial charge in [-0.05, 0) is 48.9 Å². The van der Waals surface area contributed by atoms with Crippen molar-refractivity contribution in [1.82, 2.24) is 14.1 Å². The predicted octanol–water partition coefficient (Wildman–Crippen LogP) is 3.30. The number of ether oxygens (including phenoxy) is 1. The third-order valence-corrected chi connectivity index (χ3v) is 5.09. The molecular weight excluding hydrogens is 392 g/mol. The van der Waals surface area contributed by atoms with Crippen LogP contribution in [0.15, 0.2) is 71.7 Å². The molecule has 0 fully saturated rings. The van der Waals surface area contributed by atoms with Gasteiger partial charge in [-0.3, -0.25) is 9.59 Å². The van der Waals surface area contributed by atoms with Crippen LogP contribution in [0.4, 0.5) is 5.69 Å². The number of carbonyl (C=O) groups excluding carboxylic acids is 1. The van der Waals surface area contributed by atoms with E-state index in [1.54, 1.807) is 22.9 Å². The largest absolute Gasteiger partial charge is 0.484 e. The van der Waals surface area contributed by atoms with Crippen LogP contribution in [-0.4, -0.2) is 26.6 Å². The summed E-state index contributed by atoms with van der Waals surface area (Å²) in [5.41, 5.74) is 3.46. The number of hydrogen-bond donors (Lipinski definition) is 1. The van der Waals surface area contributed by atoms with Crippen LogP contribution in [0.5, 0.6) is 5.75 Å². The number of benzene rings is 2. The van der Waals surface area contributed by atoms with Gasteiger partial charge in [0, 0.05) is 38.0 Å². The Hall–Kier alpha value is -3.87. The fourth-order valence-electron chi connectivity index (χ4n) is 3.47. The van der Waals surface area contributed by atoms with Gasteiger partial charge in [-0.15, -0.1) is 0 Å². The third kappa shape index (κ3) is 4.83. The Kier molecular flexibility index (Phi) is 5.84. The van der Waals surface area contributed by atoms with E-state index in [-0.39, 0.29) is 18.1 Å². The van der Waals surface area contributed by atoms with Crippen LogP contribution in [-0.2, 0) is 24.8 Å². The van der Waals surface area contributed by atoms with E-state index in [2.05, 4.69) is 5.32 Å². The zero-order valence-corrected chi connectivity index (χ0v) is 17.5. The Labute approximate surface area is 179 Å². The van der Waals surface area contributed by atoms with E-state index in [1.165, 1.54) is 0 Å². The molecule has 0 bridgehead atoms. The highest BCUT2D eigenvalue weighted by molar-refractivity contribution is 5.94. The van der Waals surface area contributed by atoms with Crippen LogP contribution >= 0.6 is 0 Å². The predicted molar refractivity (Wildman–Crippen MR) is 120 cm³/mol. The Bertz CT molecular complexity index is 1290. The van der Waals surface area contributed by atoms with Crippen molar-refractivity contribution < 1.29 is 9.53 Å². The van der Waals surface area contributed by atoms with Crippen molar-refractivity contribution in [2.75, 3.05) is 11.9 Å². The number of nitrogens with zero attached hydrogens (tertiary/aromatic N) is 3. The summed E-state index contributed by atoms with van der Waals surface area (Å²) in [5.74, 6) is 1.30. The molecule has 0 atom stereocenters. The number of rotatable bonds is 7. The van der Waals surface area contributed by atoms with Crippen LogP contribution in [0, 0.1) is 6.92 Å². The number of hydrogen-bond acceptors (Lipinski definition) is 4. The lowest BCUT2D eigenvalue weighted by atomic mass is 10.2. The molecule has 2 aromatic heterocycles. The summed E-state index contributed by atoms with van der Waals surface area (Å²) >= 11 is 0. The molecule has 0 spiro atoms. The molecule has 4 rings (SSSR count). The second kappa shape index (κ2) is 8.87. The summed E-state index contributed by atoms with van der Waals surface area (Å²) < 4.78 is 9.23. The van der Waals surface area contributed by atoms with Crippen molar-refractivity contribution in [3.8, 4) is 5.75 Å². The zero-order chi connectivity index (χ0) is 21.8. The topological polar surface area (TPSA) is 78.2 Å². The zero-order valence-electron chi connectivity index (χ0n) is 17.5. The number of amides is 1. The minimum atomic E-state index is -0.236. The Morgan fingerprint density at radius 3 is 2.77 bits per heavy atom. The van der Waals surface area contributed by atoms with Gasteiger partial charge in [0.25, 0.3) is 11.5 Å². The molecule has 0 saturated heterocycles. The minimum Gasteiger partial charge on any atom is -0.484 e. The van der Waals surface area contributed by atoms with E-state index in [9.17, 15) is 9.59 Å². The molecule has 7 heteroatoms. The molecule has 2 aromatic carbocycles. The molecule has 7 nitrogen and oxygen atoms in total. The summed E-state index contributed by atoms with van der Waals surface area (Å²) in [4.78, 5) is 28.9. The summed E-state index contributed by atoms with van der Waals surface area (Å²) in [6.45, 7) is 2.46. The van der Waals surface area contributed by atoms with Gasteiger partial charge in [-0.2, -0.15) is 0 Å². The van der Waals surface area contributed by atoms with Gasteiger partial charge in [-0.25, -0.2) is 4.98 Å². The van der Waals surface area contributed by atoms with Crippen molar-refractivity contribution in [2.24, 2.45) is 7.05 Å². The van der Waals surface area contributed by atoms with Gasteiger partial charge in [0.2, 0.25) is 0 Å². The number of nitrogens with one attached hydrogen (secondary N) is 1. The summed E-state index contributed by atoms with van der Waals surface area (Å²) in [5, 5.41) is 2.85. The molecule has 0 saturated carbocycles. The van der Waals surface area contributed by atoms with Gasteiger partial charge in [-0.1, -0.05) is 18.2 Å². The maximum Gasteiger partial charge on any atom is 0.262 e. The maximum atomic E-state index is 12.3. The first kappa shape index (κ1) is 20.4. The summed E-state index contributed by atoms with van der Waals surface area (Å²) in [6.07, 6.45) is 2.40. The highest BCUT2D eigenvalue weighted by atomic mass is 16.5. The van der Waals surface area contributed by atoms with E-state index in [0.717, 1.165) is 22.4 Å². The molecule has 31 heavy (non-hydrogen) atoms. The van der Waals surface area contributed by atoms with Crippen LogP contribution in [0.2, 0.25) is 0 Å². The second-order valence-corrected chi connectivity index (χ2v) is 7.43. The first-order valence-electron chi connectivity index (χ1n) is 10.1. The SMILES string of the molecule is Cc1cccc(OCC(=O)Nc2ccc3c(c2)nc(CCn2ccccc2=O)n3C)c1. The van der Waals surface area contributed by atoms with Crippen molar-refractivity contribution in [3.63, 3.8) is 0 Å². The molecule has 158 valence electrons. The number of imidazole rings is 1. The number of aromatic nitrogens is 3. The lowest BCUT2D eigenvalue weighted by Gasteiger charge is -2.08. The molecule has 0 aliphatic carbocycles. The third-order valence-electron chi connectivity index (χ3n) is 5.09. The number of carbonyl (C=O) groups is 1. The highest BCUT2D eigenvalue weighted by Gasteiger charge is 2.10. The van der Waals surface area contributed by atoms with Crippen LogP contribution in [0.3, 0.4) is 0 Å². The fourth-order valence-corrected chi connectivity index (χ4v) is 3.47. The van der Waals surface area contributed by atoms with E-state index in [1.807, 2.05) is 67.1 Å². The van der Waals surface area contributed by atoms with E-state index < -0.39 is 0 Å². The summed E-state index contributed by atoms with van der Waals surface area (Å²) in [6, 6.07) is 18.3. The number of anilines is 1. The van der Waals surface area contributed by atoms with Gasteiger partial charge in [0.15, 0.2) is 6.61 Å². The van der Waals surface area contributed by atoms with E-state index in [4.69, 9.17) is 9.72 Å². The van der Waals surface area contributed by atoms with Crippen molar-refractivity contribution in [1.29, 1.82) is 0 Å². The molecule has 4 aromatic rings. The molecule has 0 unspecified atom stereocenters. The van der Waals surface area contributed by atoms with Gasteiger partial charge >= 0.3 is 0 Å². The fraction of sp³-hybridized carbons (Fsp3) is 0.208. The molecule has 0 aliphatic rings. The Morgan fingerprint density at radius 2 is 1.97 bits per heavy atom. The normalized spacial score (nSPS) is 10.9. The maximum absolute atomic E-state index is 12.3. The van der Waals surface area contributed by atoms with Gasteiger partial charge in [0.05, 0.1) is 11.0 Å². The van der Waals surface area contributed by atoms with Crippen LogP contribution < -0.4 is 15.6 Å². The van der Waals surface area contributed by atoms with Crippen molar-refractivity contribution in [2.45, 2.75) is 19.9 Å². The van der Waals surface area contributed by atoms with Crippen molar-refractivity contribution in [3.05, 3.63) is 88.6 Å². The smallest absolute Gasteiger partial charge is 0.262 e. The lowest BCUT2D eigenvalue weighted by Crippen LogP contribution is -2.20. The first-order chi connectivity index (χ1) is 15.0. The summed E-state index contributed by atoms with van der Waals surface area (Å²) in [7, 11) is 1.95. The lowest BCUT2D eigenvalue weighted by molar-refractivity contribution is -0.118. The Morgan fingerprint density at radius 1 is 1.10 bits per heavy atom. The Balaban J connectivity index is 1.42. The van der Waals surface area contributed by atoms with Crippen LogP contribution in [0.25, 0.3) is 11.0 Å². The number of aryl methyl sites for hydroxylation is 4. The average Bonchev–Trinajstić information content (AvgIpc) is 3.07. The van der Waals surface area contributed by atoms with Gasteiger partial charge < -0.3 is 19.2 Å². The second-order valence-electron chi connectivity index (χ2n) is 7.43. The quantitative estimate of drug-likeness (QED) is 0.501. The molecule has 0 aliphatic heterocycles. The van der Waals surface area contributed by atoms with E-state index >= 15 is 0 Å². The van der Waals surface area contributed by atoms with Gasteiger partial charge in [0.1, 0.15) is 11.6 Å². The number of pyridine rings is 1. The van der Waals surface area contributed by atoms with Crippen LogP contribution in [0.1, 0.15) is 11.4 Å². The molecular formula is C24H24N4O3. The van der Waals surface area contributed by atoms with E-state index in [0.29, 0.717) is 24.4 Å². The highest BCUT2D eigenvalue weighted by Crippen LogP contribution is 2.20.